The average molecular weight is 322 g/mol. The highest BCUT2D eigenvalue weighted by Gasteiger charge is 2.28. The number of aromatic nitrogens is 8. The molecule has 9 heteroatoms. The Kier molecular flexibility index (Phi) is 3.67. The van der Waals surface area contributed by atoms with Crippen molar-refractivity contribution in [1.29, 1.82) is 0 Å². The molecule has 5 rings (SSSR count). The lowest BCUT2D eigenvalue weighted by atomic mass is 10.4. The molecule has 1 unspecified atom stereocenters. The second kappa shape index (κ2) is 6.13. The summed E-state index contributed by atoms with van der Waals surface area (Å²) in [6, 6.07) is 0. The van der Waals surface area contributed by atoms with Gasteiger partial charge in [-0.15, -0.1) is 0 Å². The molecule has 1 atom stereocenters. The van der Waals surface area contributed by atoms with Crippen LogP contribution in [0.4, 0.5) is 0 Å². The van der Waals surface area contributed by atoms with Gasteiger partial charge in [0.25, 0.3) is 0 Å². The van der Waals surface area contributed by atoms with Gasteiger partial charge in [-0.3, -0.25) is 0 Å². The minimum absolute atomic E-state index is 0.220. The van der Waals surface area contributed by atoms with Crippen molar-refractivity contribution in [3.05, 3.63) is 42.8 Å². The topological polar surface area (TPSA) is 129 Å². The summed E-state index contributed by atoms with van der Waals surface area (Å²) in [6.07, 6.45) is 10.9. The number of aliphatic hydroxyl groups excluding tert-OH is 1. The molecule has 0 aliphatic heterocycles. The van der Waals surface area contributed by atoms with Crippen molar-refractivity contribution in [2.75, 3.05) is 6.61 Å². The molecule has 3 N–H and O–H groups in total. The van der Waals surface area contributed by atoms with E-state index >= 15 is 0 Å². The molecule has 4 aromatic heterocycles. The van der Waals surface area contributed by atoms with Crippen LogP contribution >= 0.6 is 0 Å². The van der Waals surface area contributed by atoms with E-state index in [4.69, 9.17) is 5.11 Å². The summed E-state index contributed by atoms with van der Waals surface area (Å²) >= 11 is 0. The predicted octanol–water partition coefficient (Wildman–Crippen LogP) is 1.10. The first kappa shape index (κ1) is 14.4. The van der Waals surface area contributed by atoms with Crippen molar-refractivity contribution >= 4 is 28.4 Å². The third kappa shape index (κ3) is 2.97. The predicted molar refractivity (Wildman–Crippen MR) is 86.5 cm³/mol. The molecule has 24 heavy (non-hydrogen) atoms. The van der Waals surface area contributed by atoms with Gasteiger partial charge < -0.3 is 15.1 Å². The quantitative estimate of drug-likeness (QED) is 0.504. The normalized spacial score (nSPS) is 17.9. The summed E-state index contributed by atoms with van der Waals surface area (Å²) in [5.41, 5.74) is 4.32. The number of rotatable bonds is 2. The van der Waals surface area contributed by atoms with Crippen LogP contribution in [0.15, 0.2) is 36.9 Å². The zero-order valence-corrected chi connectivity index (χ0v) is 12.6. The van der Waals surface area contributed by atoms with Gasteiger partial charge in [0, 0.05) is 12.5 Å². The number of aliphatic hydroxyl groups is 1. The summed E-state index contributed by atoms with van der Waals surface area (Å²) in [5.74, 6) is 1.00. The first-order valence-electron chi connectivity index (χ1n) is 7.40. The lowest BCUT2D eigenvalue weighted by molar-refractivity contribution is 0.281. The molecule has 0 spiro atoms. The first-order valence-corrected chi connectivity index (χ1v) is 7.40. The van der Waals surface area contributed by atoms with Crippen LogP contribution < -0.4 is 0 Å². The largest absolute Gasteiger partial charge is 0.396 e. The molecule has 9 nitrogen and oxygen atoms in total. The number of nitrogens with zero attached hydrogens (tertiary/aromatic N) is 6. The zero-order chi connectivity index (χ0) is 16.4. The highest BCUT2D eigenvalue weighted by Crippen LogP contribution is 2.37. The monoisotopic (exact) mass is 322 g/mol. The Morgan fingerprint density at radius 3 is 2.58 bits per heavy atom. The molecular weight excluding hydrogens is 308 g/mol. The van der Waals surface area contributed by atoms with Crippen molar-refractivity contribution in [3.63, 3.8) is 0 Å². The van der Waals surface area contributed by atoms with E-state index in [1.54, 1.807) is 25.0 Å². The number of fused-ring (bicyclic) bond motifs is 2. The standard InChI is InChI=1S/C10H10N4O.C5H4N4/c15-4-7-1-6(7)2-9-11-3-8-10(14-9)13-5-12-8;1-4-5(8-2-6-1)9-3-7-4/h2-3,5,7,15H,1,4H2,(H,11,12,13,14);1-3H,(H,6,7,8,9)/b6-2+;. The molecule has 0 amide bonds. The molecule has 0 saturated heterocycles. The highest BCUT2D eigenvalue weighted by atomic mass is 16.3. The van der Waals surface area contributed by atoms with E-state index in [0.29, 0.717) is 11.7 Å². The number of nitrogens with one attached hydrogen (secondary N) is 2. The zero-order valence-electron chi connectivity index (χ0n) is 12.6. The van der Waals surface area contributed by atoms with Crippen molar-refractivity contribution in [1.82, 2.24) is 39.9 Å². The van der Waals surface area contributed by atoms with Crippen LogP contribution in [0.25, 0.3) is 28.4 Å². The van der Waals surface area contributed by atoms with Gasteiger partial charge in [-0.1, -0.05) is 5.57 Å². The molecule has 120 valence electrons. The lowest BCUT2D eigenvalue weighted by Gasteiger charge is -1.91. The average Bonchev–Trinajstić information content (AvgIpc) is 3.02. The Hall–Kier alpha value is -3.20. The summed E-state index contributed by atoms with van der Waals surface area (Å²) in [6.45, 7) is 0.220. The molecule has 1 aliphatic rings. The maximum Gasteiger partial charge on any atom is 0.161 e. The number of H-pyrrole nitrogens is 2. The van der Waals surface area contributed by atoms with E-state index in [1.165, 1.54) is 11.9 Å². The van der Waals surface area contributed by atoms with Crippen LogP contribution in [0.5, 0.6) is 0 Å². The van der Waals surface area contributed by atoms with E-state index in [1.807, 2.05) is 6.08 Å². The molecule has 1 fully saturated rings. The van der Waals surface area contributed by atoms with Crippen molar-refractivity contribution in [2.24, 2.45) is 5.92 Å². The fourth-order valence-electron chi connectivity index (χ4n) is 2.26. The smallest absolute Gasteiger partial charge is 0.161 e. The Morgan fingerprint density at radius 1 is 1.04 bits per heavy atom. The van der Waals surface area contributed by atoms with Gasteiger partial charge in [0.15, 0.2) is 17.1 Å². The highest BCUT2D eigenvalue weighted by molar-refractivity contribution is 5.70. The van der Waals surface area contributed by atoms with Gasteiger partial charge in [-0.05, 0) is 12.5 Å². The molecule has 0 bridgehead atoms. The minimum atomic E-state index is 0.220. The summed E-state index contributed by atoms with van der Waals surface area (Å²) in [5, 5.41) is 8.90. The van der Waals surface area contributed by atoms with E-state index in [-0.39, 0.29) is 6.61 Å². The van der Waals surface area contributed by atoms with Crippen LogP contribution in [0, 0.1) is 5.92 Å². The summed E-state index contributed by atoms with van der Waals surface area (Å²) in [4.78, 5) is 30.0. The van der Waals surface area contributed by atoms with E-state index in [9.17, 15) is 0 Å². The van der Waals surface area contributed by atoms with Crippen LogP contribution in [0.2, 0.25) is 0 Å². The van der Waals surface area contributed by atoms with Crippen molar-refractivity contribution < 1.29 is 5.11 Å². The summed E-state index contributed by atoms with van der Waals surface area (Å²) < 4.78 is 0. The number of hydrogen-bond donors (Lipinski definition) is 3. The second-order valence-corrected chi connectivity index (χ2v) is 5.33. The fourth-order valence-corrected chi connectivity index (χ4v) is 2.26. The molecule has 0 aromatic carbocycles. The molecule has 4 heterocycles. The SMILES string of the molecule is OCC1C/C1=C\c1ncc2nc[nH]c2n1.c1ncc2nc[nH]c2n1. The van der Waals surface area contributed by atoms with Crippen LogP contribution in [-0.2, 0) is 0 Å². The number of imidazole rings is 2. The van der Waals surface area contributed by atoms with Crippen molar-refractivity contribution in [2.45, 2.75) is 6.42 Å². The van der Waals surface area contributed by atoms with Crippen molar-refractivity contribution in [3.8, 4) is 0 Å². The van der Waals surface area contributed by atoms with Crippen LogP contribution in [0.3, 0.4) is 0 Å². The van der Waals surface area contributed by atoms with E-state index in [0.717, 1.165) is 28.7 Å². The van der Waals surface area contributed by atoms with Gasteiger partial charge in [-0.25, -0.2) is 29.9 Å². The Morgan fingerprint density at radius 2 is 1.83 bits per heavy atom. The molecule has 4 aromatic rings. The van der Waals surface area contributed by atoms with Gasteiger partial charge >= 0.3 is 0 Å². The number of aromatic amines is 2. The third-order valence-electron chi connectivity index (χ3n) is 3.67. The lowest BCUT2D eigenvalue weighted by Crippen LogP contribution is -1.88. The van der Waals surface area contributed by atoms with E-state index in [2.05, 4.69) is 39.9 Å². The van der Waals surface area contributed by atoms with Crippen LogP contribution in [0.1, 0.15) is 12.2 Å². The maximum atomic E-state index is 8.90. The molecule has 0 radical (unpaired) electrons. The third-order valence-corrected chi connectivity index (χ3v) is 3.67. The maximum absolute atomic E-state index is 8.90. The Bertz CT molecular complexity index is 974. The van der Waals surface area contributed by atoms with E-state index < -0.39 is 0 Å². The Labute approximate surface area is 136 Å². The Balaban J connectivity index is 0.000000138. The van der Waals surface area contributed by atoms with Gasteiger partial charge in [0.05, 0.1) is 25.0 Å². The van der Waals surface area contributed by atoms with Gasteiger partial charge in [-0.2, -0.15) is 0 Å². The molecular formula is C15H14N8O. The summed E-state index contributed by atoms with van der Waals surface area (Å²) in [7, 11) is 0. The number of hydrogen-bond acceptors (Lipinski definition) is 7. The van der Waals surface area contributed by atoms with Gasteiger partial charge in [0.2, 0.25) is 0 Å². The molecule has 1 saturated carbocycles. The molecule has 1 aliphatic carbocycles. The fraction of sp³-hybridized carbons (Fsp3) is 0.200. The first-order chi connectivity index (χ1) is 11.8. The van der Waals surface area contributed by atoms with Gasteiger partial charge in [0.1, 0.15) is 17.4 Å². The second-order valence-electron chi connectivity index (χ2n) is 5.33. The van der Waals surface area contributed by atoms with Crippen LogP contribution in [-0.4, -0.2) is 51.6 Å². The minimum Gasteiger partial charge on any atom is -0.396 e.